The normalized spacial score (nSPS) is 32.2. The molecule has 2 N–H and O–H groups in total. The van der Waals surface area contributed by atoms with E-state index < -0.39 is 9.84 Å². The van der Waals surface area contributed by atoms with Crippen LogP contribution in [-0.2, 0) is 14.6 Å². The van der Waals surface area contributed by atoms with Gasteiger partial charge in [0.25, 0.3) is 0 Å². The average molecular weight is 260 g/mol. The molecule has 2 rings (SSSR count). The van der Waals surface area contributed by atoms with Gasteiger partial charge < -0.3 is 10.6 Å². The van der Waals surface area contributed by atoms with E-state index in [4.69, 9.17) is 0 Å². The van der Waals surface area contributed by atoms with Gasteiger partial charge in [-0.05, 0) is 25.8 Å². The van der Waals surface area contributed by atoms with Crippen LogP contribution in [-0.4, -0.2) is 44.5 Å². The number of rotatable bonds is 3. The summed E-state index contributed by atoms with van der Waals surface area (Å²) >= 11 is 0. The van der Waals surface area contributed by atoms with Crippen LogP contribution in [0.4, 0.5) is 0 Å². The predicted molar refractivity (Wildman–Crippen MR) is 65.5 cm³/mol. The van der Waals surface area contributed by atoms with E-state index in [9.17, 15) is 13.2 Å². The van der Waals surface area contributed by atoms with E-state index >= 15 is 0 Å². The quantitative estimate of drug-likeness (QED) is 0.738. The molecule has 98 valence electrons. The topological polar surface area (TPSA) is 75.3 Å². The summed E-state index contributed by atoms with van der Waals surface area (Å²) in [4.78, 5) is 11.7. The van der Waals surface area contributed by atoms with Crippen molar-refractivity contribution in [2.75, 3.05) is 18.1 Å². The molecule has 0 aliphatic carbocycles. The molecule has 1 amide bonds. The van der Waals surface area contributed by atoms with Crippen molar-refractivity contribution in [3.05, 3.63) is 0 Å². The third-order valence-electron chi connectivity index (χ3n) is 3.44. The van der Waals surface area contributed by atoms with Gasteiger partial charge in [0.2, 0.25) is 5.91 Å². The fourth-order valence-electron chi connectivity index (χ4n) is 2.52. The molecule has 0 bridgehead atoms. The number of nitrogens with one attached hydrogen (secondary N) is 2. The fourth-order valence-corrected chi connectivity index (χ4v) is 4.19. The summed E-state index contributed by atoms with van der Waals surface area (Å²) in [7, 11) is -2.90. The Bertz CT molecular complexity index is 374. The zero-order valence-electron chi connectivity index (χ0n) is 9.94. The van der Waals surface area contributed by atoms with Crippen LogP contribution in [0, 0.1) is 0 Å². The van der Waals surface area contributed by atoms with Crippen molar-refractivity contribution in [2.45, 2.75) is 44.2 Å². The summed E-state index contributed by atoms with van der Waals surface area (Å²) in [5.74, 6) is 0.294. The molecular weight excluding hydrogens is 240 g/mol. The highest BCUT2D eigenvalue weighted by atomic mass is 32.2. The first kappa shape index (κ1) is 12.8. The van der Waals surface area contributed by atoms with Crippen LogP contribution in [0.15, 0.2) is 0 Å². The van der Waals surface area contributed by atoms with Crippen LogP contribution >= 0.6 is 0 Å². The number of hydrogen-bond acceptors (Lipinski definition) is 4. The second kappa shape index (κ2) is 5.35. The molecule has 0 saturated carbocycles. The summed E-state index contributed by atoms with van der Waals surface area (Å²) in [6.07, 6.45) is 4.42. The minimum Gasteiger partial charge on any atom is -0.352 e. The molecule has 0 spiro atoms. The number of carbonyl (C=O) groups is 1. The Balaban J connectivity index is 1.74. The first-order valence-corrected chi connectivity index (χ1v) is 8.10. The summed E-state index contributed by atoms with van der Waals surface area (Å²) < 4.78 is 22.5. The molecule has 0 aromatic rings. The van der Waals surface area contributed by atoms with Gasteiger partial charge in [-0.1, -0.05) is 6.42 Å². The van der Waals surface area contributed by atoms with E-state index in [0.717, 1.165) is 13.0 Å². The van der Waals surface area contributed by atoms with Gasteiger partial charge in [0.1, 0.15) is 0 Å². The van der Waals surface area contributed by atoms with Crippen LogP contribution in [0.3, 0.4) is 0 Å². The summed E-state index contributed by atoms with van der Waals surface area (Å²) in [6, 6.07) is 0.0952. The summed E-state index contributed by atoms with van der Waals surface area (Å²) in [5, 5.41) is 6.14. The standard InChI is InChI=1S/C11H20N2O3S/c14-11(7-9-3-1-2-5-12-9)13-10-4-6-17(15,16)8-10/h9-10,12H,1-8H2,(H,13,14). The zero-order valence-corrected chi connectivity index (χ0v) is 10.8. The number of carbonyl (C=O) groups excluding carboxylic acids is 1. The largest absolute Gasteiger partial charge is 0.352 e. The van der Waals surface area contributed by atoms with Gasteiger partial charge in [-0.3, -0.25) is 4.79 Å². The van der Waals surface area contributed by atoms with E-state index in [1.807, 2.05) is 0 Å². The number of piperidine rings is 1. The first-order chi connectivity index (χ1) is 8.05. The molecule has 2 saturated heterocycles. The van der Waals surface area contributed by atoms with Gasteiger partial charge in [-0.15, -0.1) is 0 Å². The van der Waals surface area contributed by atoms with Crippen molar-refractivity contribution in [3.63, 3.8) is 0 Å². The highest BCUT2D eigenvalue weighted by Gasteiger charge is 2.29. The number of amides is 1. The van der Waals surface area contributed by atoms with Gasteiger partial charge in [0.05, 0.1) is 11.5 Å². The molecular formula is C11H20N2O3S. The Morgan fingerprint density at radius 2 is 2.12 bits per heavy atom. The van der Waals surface area contributed by atoms with Gasteiger partial charge >= 0.3 is 0 Å². The van der Waals surface area contributed by atoms with Crippen molar-refractivity contribution in [1.82, 2.24) is 10.6 Å². The van der Waals surface area contributed by atoms with Crippen LogP contribution in [0.2, 0.25) is 0 Å². The Morgan fingerprint density at radius 1 is 1.29 bits per heavy atom. The fraction of sp³-hybridized carbons (Fsp3) is 0.909. The van der Waals surface area contributed by atoms with Crippen molar-refractivity contribution in [2.24, 2.45) is 0 Å². The predicted octanol–water partition coefficient (Wildman–Crippen LogP) is -0.178. The average Bonchev–Trinajstić information content (AvgIpc) is 2.59. The van der Waals surface area contributed by atoms with Gasteiger partial charge in [0.15, 0.2) is 9.84 Å². The Morgan fingerprint density at radius 3 is 2.71 bits per heavy atom. The number of hydrogen-bond donors (Lipinski definition) is 2. The van der Waals surface area contributed by atoms with Crippen molar-refractivity contribution in [1.29, 1.82) is 0 Å². The van der Waals surface area contributed by atoms with Crippen molar-refractivity contribution < 1.29 is 13.2 Å². The SMILES string of the molecule is O=C(CC1CCCCN1)NC1CCS(=O)(=O)C1. The third-order valence-corrected chi connectivity index (χ3v) is 5.21. The molecule has 17 heavy (non-hydrogen) atoms. The molecule has 0 aromatic carbocycles. The van der Waals surface area contributed by atoms with E-state index in [2.05, 4.69) is 10.6 Å². The van der Waals surface area contributed by atoms with E-state index in [-0.39, 0.29) is 29.5 Å². The highest BCUT2D eigenvalue weighted by molar-refractivity contribution is 7.91. The minimum absolute atomic E-state index is 0.0218. The van der Waals surface area contributed by atoms with E-state index in [1.165, 1.54) is 12.8 Å². The maximum Gasteiger partial charge on any atom is 0.221 e. The molecule has 2 heterocycles. The summed E-state index contributed by atoms with van der Waals surface area (Å²) in [6.45, 7) is 0.982. The molecule has 0 radical (unpaired) electrons. The lowest BCUT2D eigenvalue weighted by atomic mass is 10.0. The minimum atomic E-state index is -2.90. The smallest absolute Gasteiger partial charge is 0.221 e. The second-order valence-electron chi connectivity index (χ2n) is 5.02. The van der Waals surface area contributed by atoms with Crippen LogP contribution < -0.4 is 10.6 Å². The molecule has 0 aromatic heterocycles. The molecule has 2 fully saturated rings. The Kier molecular flexibility index (Phi) is 4.04. The second-order valence-corrected chi connectivity index (χ2v) is 7.25. The van der Waals surface area contributed by atoms with Crippen molar-refractivity contribution >= 4 is 15.7 Å². The lowest BCUT2D eigenvalue weighted by Gasteiger charge is -2.23. The third kappa shape index (κ3) is 3.96. The van der Waals surface area contributed by atoms with Crippen LogP contribution in [0.5, 0.6) is 0 Å². The lowest BCUT2D eigenvalue weighted by molar-refractivity contribution is -0.122. The van der Waals surface area contributed by atoms with Crippen LogP contribution in [0.1, 0.15) is 32.1 Å². The summed E-state index contributed by atoms with van der Waals surface area (Å²) in [5.41, 5.74) is 0. The number of sulfone groups is 1. The van der Waals surface area contributed by atoms with E-state index in [1.54, 1.807) is 0 Å². The Hall–Kier alpha value is -0.620. The maximum absolute atomic E-state index is 11.7. The monoisotopic (exact) mass is 260 g/mol. The lowest BCUT2D eigenvalue weighted by Crippen LogP contribution is -2.42. The van der Waals surface area contributed by atoms with Gasteiger partial charge in [-0.25, -0.2) is 8.42 Å². The van der Waals surface area contributed by atoms with Crippen LogP contribution in [0.25, 0.3) is 0 Å². The molecule has 2 aliphatic heterocycles. The maximum atomic E-state index is 11.7. The molecule has 2 unspecified atom stereocenters. The Labute approximate surface area is 102 Å². The highest BCUT2D eigenvalue weighted by Crippen LogP contribution is 2.13. The van der Waals surface area contributed by atoms with Gasteiger partial charge in [-0.2, -0.15) is 0 Å². The van der Waals surface area contributed by atoms with Gasteiger partial charge in [0, 0.05) is 18.5 Å². The molecule has 5 nitrogen and oxygen atoms in total. The van der Waals surface area contributed by atoms with E-state index in [0.29, 0.717) is 12.8 Å². The zero-order chi connectivity index (χ0) is 12.3. The molecule has 6 heteroatoms. The first-order valence-electron chi connectivity index (χ1n) is 6.28. The molecule has 2 atom stereocenters. The molecule has 2 aliphatic rings. The van der Waals surface area contributed by atoms with Crippen molar-refractivity contribution in [3.8, 4) is 0 Å².